The van der Waals surface area contributed by atoms with Crippen LogP contribution in [-0.2, 0) is 0 Å². The molecule has 0 unspecified atom stereocenters. The smallest absolute Gasteiger partial charge is 0.321 e. The first kappa shape index (κ1) is 20.9. The molecule has 0 bridgehead atoms. The average Bonchev–Trinajstić information content (AvgIpc) is 2.87. The van der Waals surface area contributed by atoms with Gasteiger partial charge < -0.3 is 15.1 Å². The summed E-state index contributed by atoms with van der Waals surface area (Å²) in [5.74, 6) is 0.842. The molecule has 4 aromatic rings. The molecule has 3 aromatic carbocycles. The van der Waals surface area contributed by atoms with Crippen molar-refractivity contribution in [3.63, 3.8) is 0 Å². The topological polar surface area (TPSA) is 61.4 Å². The highest BCUT2D eigenvalue weighted by Gasteiger charge is 2.22. The Morgan fingerprint density at radius 1 is 0.818 bits per heavy atom. The molecule has 0 atom stereocenters. The summed E-state index contributed by atoms with van der Waals surface area (Å²) in [6.07, 6.45) is 0. The van der Waals surface area contributed by atoms with E-state index in [1.807, 2.05) is 48.2 Å². The molecule has 2 heterocycles. The molecular weight excluding hydrogens is 410 g/mol. The number of nitrogens with one attached hydrogen (secondary N) is 1. The van der Waals surface area contributed by atoms with Gasteiger partial charge in [-0.05, 0) is 60.0 Å². The lowest BCUT2D eigenvalue weighted by Crippen LogP contribution is -2.50. The molecule has 0 radical (unpaired) electrons. The summed E-state index contributed by atoms with van der Waals surface area (Å²) in [5, 5.41) is 14.4. The number of rotatable bonds is 3. The van der Waals surface area contributed by atoms with Crippen LogP contribution in [0, 0.1) is 13.8 Å². The van der Waals surface area contributed by atoms with E-state index in [0.717, 1.165) is 41.4 Å². The maximum absolute atomic E-state index is 12.7. The van der Waals surface area contributed by atoms with Gasteiger partial charge in [0.05, 0.1) is 5.69 Å². The van der Waals surface area contributed by atoms with Crippen molar-refractivity contribution in [2.24, 2.45) is 0 Å². The van der Waals surface area contributed by atoms with Crippen LogP contribution in [0.1, 0.15) is 11.1 Å². The Morgan fingerprint density at radius 2 is 1.61 bits per heavy atom. The summed E-state index contributed by atoms with van der Waals surface area (Å²) < 4.78 is 0. The maximum atomic E-state index is 12.7. The molecule has 0 saturated carbocycles. The Kier molecular flexibility index (Phi) is 5.65. The van der Waals surface area contributed by atoms with Gasteiger partial charge in [0.15, 0.2) is 5.82 Å². The minimum absolute atomic E-state index is 0.0545. The van der Waals surface area contributed by atoms with Crippen molar-refractivity contribution in [2.75, 3.05) is 36.4 Å². The second-order valence-electron chi connectivity index (χ2n) is 8.49. The van der Waals surface area contributed by atoms with Crippen molar-refractivity contribution >= 4 is 28.3 Å². The minimum Gasteiger partial charge on any atom is -0.352 e. The van der Waals surface area contributed by atoms with Crippen LogP contribution in [0.25, 0.3) is 22.0 Å². The number of anilines is 2. The van der Waals surface area contributed by atoms with Gasteiger partial charge in [0.2, 0.25) is 0 Å². The van der Waals surface area contributed by atoms with Gasteiger partial charge in [0, 0.05) is 37.4 Å². The Morgan fingerprint density at radius 3 is 2.36 bits per heavy atom. The molecule has 6 nitrogen and oxygen atoms in total. The van der Waals surface area contributed by atoms with Gasteiger partial charge in [-0.25, -0.2) is 4.79 Å². The standard InChI is InChI=1S/C27H27N5O/c1-19-6-5-9-24(20(19)2)28-27(33)32-16-14-31(15-17-32)26-13-12-25(29-30-26)23-11-10-21-7-3-4-8-22(21)18-23/h3-13,18H,14-17H2,1-2H3,(H,28,33). The molecule has 1 aromatic heterocycles. The SMILES string of the molecule is Cc1cccc(NC(=O)N2CCN(c3ccc(-c4ccc5ccccc5c4)nn3)CC2)c1C. The highest BCUT2D eigenvalue weighted by atomic mass is 16.2. The third kappa shape index (κ3) is 4.37. The normalized spacial score (nSPS) is 13.9. The third-order valence-corrected chi connectivity index (χ3v) is 6.43. The average molecular weight is 438 g/mol. The highest BCUT2D eigenvalue weighted by molar-refractivity contribution is 5.90. The first-order valence-corrected chi connectivity index (χ1v) is 11.3. The minimum atomic E-state index is -0.0545. The molecule has 1 aliphatic heterocycles. The molecule has 5 rings (SSSR count). The predicted molar refractivity (Wildman–Crippen MR) is 134 cm³/mol. The van der Waals surface area contributed by atoms with E-state index in [-0.39, 0.29) is 6.03 Å². The molecule has 1 aliphatic rings. The lowest BCUT2D eigenvalue weighted by Gasteiger charge is -2.35. The molecule has 33 heavy (non-hydrogen) atoms. The van der Waals surface area contributed by atoms with Gasteiger partial charge in [-0.15, -0.1) is 10.2 Å². The lowest BCUT2D eigenvalue weighted by molar-refractivity contribution is 0.208. The summed E-state index contributed by atoms with van der Waals surface area (Å²) >= 11 is 0. The quantitative estimate of drug-likeness (QED) is 0.474. The van der Waals surface area contributed by atoms with Crippen molar-refractivity contribution < 1.29 is 4.79 Å². The Bertz CT molecular complexity index is 1290. The fraction of sp³-hybridized carbons (Fsp3) is 0.222. The molecule has 0 aliphatic carbocycles. The predicted octanol–water partition coefficient (Wildman–Crippen LogP) is 5.27. The zero-order valence-electron chi connectivity index (χ0n) is 19.0. The van der Waals surface area contributed by atoms with Crippen molar-refractivity contribution in [1.29, 1.82) is 0 Å². The van der Waals surface area contributed by atoms with E-state index in [1.54, 1.807) is 0 Å². The maximum Gasteiger partial charge on any atom is 0.321 e. The van der Waals surface area contributed by atoms with Gasteiger partial charge in [-0.2, -0.15) is 0 Å². The fourth-order valence-electron chi connectivity index (χ4n) is 4.22. The number of aromatic nitrogens is 2. The molecule has 1 saturated heterocycles. The zero-order chi connectivity index (χ0) is 22.8. The number of carbonyl (C=O) groups is 1. The Hall–Kier alpha value is -3.93. The number of carbonyl (C=O) groups excluding carboxylic acids is 1. The number of aryl methyl sites for hydroxylation is 1. The van der Waals surface area contributed by atoms with Gasteiger partial charge in [0.25, 0.3) is 0 Å². The molecule has 2 amide bonds. The molecule has 1 fully saturated rings. The summed E-state index contributed by atoms with van der Waals surface area (Å²) in [6, 6.07) is 24.6. The number of piperazine rings is 1. The number of nitrogens with zero attached hydrogens (tertiary/aromatic N) is 4. The number of amides is 2. The molecule has 166 valence electrons. The summed E-state index contributed by atoms with van der Waals surface area (Å²) in [5.41, 5.74) is 5.06. The van der Waals surface area contributed by atoms with Crippen LogP contribution in [0.2, 0.25) is 0 Å². The van der Waals surface area contributed by atoms with Crippen molar-refractivity contribution in [3.05, 3.63) is 83.9 Å². The van der Waals surface area contributed by atoms with E-state index in [1.165, 1.54) is 16.3 Å². The van der Waals surface area contributed by atoms with Crippen LogP contribution in [-0.4, -0.2) is 47.3 Å². The monoisotopic (exact) mass is 437 g/mol. The molecular formula is C27H27N5O. The molecule has 6 heteroatoms. The molecule has 0 spiro atoms. The zero-order valence-corrected chi connectivity index (χ0v) is 19.0. The van der Waals surface area contributed by atoms with Gasteiger partial charge >= 0.3 is 6.03 Å². The number of hydrogen-bond acceptors (Lipinski definition) is 4. The Labute approximate surface area is 193 Å². The van der Waals surface area contributed by atoms with Gasteiger partial charge in [-0.3, -0.25) is 0 Å². The van der Waals surface area contributed by atoms with E-state index in [2.05, 4.69) is 63.7 Å². The number of benzene rings is 3. The van der Waals surface area contributed by atoms with Crippen LogP contribution in [0.3, 0.4) is 0 Å². The van der Waals surface area contributed by atoms with Crippen LogP contribution >= 0.6 is 0 Å². The second kappa shape index (κ2) is 8.90. The summed E-state index contributed by atoms with van der Waals surface area (Å²) in [6.45, 7) is 6.82. The van der Waals surface area contributed by atoms with E-state index in [0.29, 0.717) is 13.1 Å². The second-order valence-corrected chi connectivity index (χ2v) is 8.49. The van der Waals surface area contributed by atoms with Crippen LogP contribution in [0.4, 0.5) is 16.3 Å². The number of hydrogen-bond donors (Lipinski definition) is 1. The van der Waals surface area contributed by atoms with E-state index in [4.69, 9.17) is 0 Å². The first-order valence-electron chi connectivity index (χ1n) is 11.3. The van der Waals surface area contributed by atoms with Crippen LogP contribution < -0.4 is 10.2 Å². The lowest BCUT2D eigenvalue weighted by atomic mass is 10.1. The summed E-state index contributed by atoms with van der Waals surface area (Å²) in [7, 11) is 0. The number of urea groups is 1. The van der Waals surface area contributed by atoms with Crippen LogP contribution in [0.5, 0.6) is 0 Å². The summed E-state index contributed by atoms with van der Waals surface area (Å²) in [4.78, 5) is 16.8. The van der Waals surface area contributed by atoms with Gasteiger partial charge in [-0.1, -0.05) is 48.5 Å². The number of fused-ring (bicyclic) bond motifs is 1. The van der Waals surface area contributed by atoms with Crippen molar-refractivity contribution in [3.8, 4) is 11.3 Å². The van der Waals surface area contributed by atoms with E-state index in [9.17, 15) is 4.79 Å². The van der Waals surface area contributed by atoms with Crippen LogP contribution in [0.15, 0.2) is 72.8 Å². The third-order valence-electron chi connectivity index (χ3n) is 6.43. The Balaban J connectivity index is 1.22. The first-order chi connectivity index (χ1) is 16.1. The van der Waals surface area contributed by atoms with E-state index >= 15 is 0 Å². The van der Waals surface area contributed by atoms with Crippen molar-refractivity contribution in [2.45, 2.75) is 13.8 Å². The van der Waals surface area contributed by atoms with E-state index < -0.39 is 0 Å². The highest BCUT2D eigenvalue weighted by Crippen LogP contribution is 2.24. The molecule has 1 N–H and O–H groups in total. The van der Waals surface area contributed by atoms with Crippen molar-refractivity contribution in [1.82, 2.24) is 15.1 Å². The van der Waals surface area contributed by atoms with Gasteiger partial charge in [0.1, 0.15) is 0 Å². The largest absolute Gasteiger partial charge is 0.352 e. The fourth-order valence-corrected chi connectivity index (χ4v) is 4.22.